The number of fused-ring (bicyclic) bond motifs is 9. The van der Waals surface area contributed by atoms with Gasteiger partial charge in [0.2, 0.25) is 0 Å². The molecule has 0 saturated heterocycles. The number of hydrogen-bond donors (Lipinski definition) is 0. The van der Waals surface area contributed by atoms with Gasteiger partial charge in [-0.25, -0.2) is 0 Å². The molecule has 3 heteroatoms. The van der Waals surface area contributed by atoms with Crippen molar-refractivity contribution < 1.29 is 0 Å². The van der Waals surface area contributed by atoms with Crippen LogP contribution in [0.3, 0.4) is 0 Å². The monoisotopic (exact) mass is 742 g/mol. The van der Waals surface area contributed by atoms with Gasteiger partial charge in [0.05, 0.1) is 33.4 Å². The van der Waals surface area contributed by atoms with E-state index in [1.54, 1.807) is 0 Å². The van der Waals surface area contributed by atoms with Crippen molar-refractivity contribution in [3.05, 3.63) is 206 Å². The van der Waals surface area contributed by atoms with Crippen LogP contribution in [-0.4, -0.2) is 9.13 Å². The molecule has 0 N–H and O–H groups in total. The lowest BCUT2D eigenvalue weighted by Gasteiger charge is -2.14. The molecule has 12 aromatic rings. The second kappa shape index (κ2) is 12.7. The predicted molar refractivity (Wildman–Crippen MR) is 244 cm³/mol. The van der Waals surface area contributed by atoms with Crippen LogP contribution < -0.4 is 0 Å². The number of para-hydroxylation sites is 2. The van der Waals surface area contributed by atoms with Gasteiger partial charge in [0.15, 0.2) is 0 Å². The molecule has 9 aromatic carbocycles. The molecule has 0 aliphatic heterocycles. The summed E-state index contributed by atoms with van der Waals surface area (Å²) in [6, 6.07) is 75.7. The molecule has 12 rings (SSSR count). The molecule has 0 bridgehead atoms. The van der Waals surface area contributed by atoms with E-state index in [1.165, 1.54) is 109 Å². The van der Waals surface area contributed by atoms with Gasteiger partial charge >= 0.3 is 0 Å². The third-order valence-corrected chi connectivity index (χ3v) is 12.9. The number of benzene rings is 9. The number of nitrogens with zero attached hydrogens (tertiary/aromatic N) is 2. The summed E-state index contributed by atoms with van der Waals surface area (Å²) in [4.78, 5) is 0. The second-order valence-corrected chi connectivity index (χ2v) is 16.0. The maximum atomic E-state index is 2.47. The highest BCUT2D eigenvalue weighted by Crippen LogP contribution is 2.43. The fourth-order valence-corrected chi connectivity index (χ4v) is 10.3. The van der Waals surface area contributed by atoms with Crippen LogP contribution >= 0.6 is 11.3 Å². The zero-order valence-corrected chi connectivity index (χ0v) is 31.7. The van der Waals surface area contributed by atoms with Gasteiger partial charge in [0.1, 0.15) is 0 Å². The Morgan fingerprint density at radius 2 is 0.754 bits per heavy atom. The normalized spacial score (nSPS) is 11.9. The molecular formula is C54H34N2S. The van der Waals surface area contributed by atoms with Gasteiger partial charge in [-0.1, -0.05) is 140 Å². The average molecular weight is 743 g/mol. The minimum absolute atomic E-state index is 1.17. The number of aromatic nitrogens is 2. The fraction of sp³-hybridized carbons (Fsp3) is 0. The zero-order valence-electron chi connectivity index (χ0n) is 30.9. The summed E-state index contributed by atoms with van der Waals surface area (Å²) in [5.41, 5.74) is 14.5. The van der Waals surface area contributed by atoms with Crippen LogP contribution in [-0.2, 0) is 0 Å². The lowest BCUT2D eigenvalue weighted by atomic mass is 9.99. The van der Waals surface area contributed by atoms with Gasteiger partial charge in [-0.3, -0.25) is 0 Å². The molecule has 0 unspecified atom stereocenters. The maximum absolute atomic E-state index is 2.47. The number of thiophene rings is 1. The number of hydrogen-bond acceptors (Lipinski definition) is 1. The first kappa shape index (κ1) is 32.1. The lowest BCUT2D eigenvalue weighted by Crippen LogP contribution is -1.97. The molecule has 266 valence electrons. The first-order chi connectivity index (χ1) is 28.3. The molecule has 0 amide bonds. The Hall–Kier alpha value is -7.20. The van der Waals surface area contributed by atoms with Gasteiger partial charge in [-0.05, 0) is 94.5 Å². The molecular weight excluding hydrogens is 709 g/mol. The minimum Gasteiger partial charge on any atom is -0.309 e. The highest BCUT2D eigenvalue weighted by Gasteiger charge is 2.20. The second-order valence-electron chi connectivity index (χ2n) is 14.9. The topological polar surface area (TPSA) is 9.86 Å². The van der Waals surface area contributed by atoms with E-state index in [4.69, 9.17) is 0 Å². The van der Waals surface area contributed by atoms with Crippen molar-refractivity contribution in [1.29, 1.82) is 0 Å². The highest BCUT2D eigenvalue weighted by molar-refractivity contribution is 7.25. The summed E-state index contributed by atoms with van der Waals surface area (Å²) in [5.74, 6) is 0. The van der Waals surface area contributed by atoms with Gasteiger partial charge in [-0.15, -0.1) is 11.3 Å². The first-order valence-corrected chi connectivity index (χ1v) is 20.3. The molecule has 57 heavy (non-hydrogen) atoms. The summed E-state index contributed by atoms with van der Waals surface area (Å²) in [7, 11) is 0. The van der Waals surface area contributed by atoms with Gasteiger partial charge in [-0.2, -0.15) is 0 Å². The Morgan fingerprint density at radius 3 is 1.46 bits per heavy atom. The van der Waals surface area contributed by atoms with Crippen molar-refractivity contribution in [3.8, 4) is 44.8 Å². The Bertz CT molecular complexity index is 3510. The van der Waals surface area contributed by atoms with E-state index in [2.05, 4.69) is 215 Å². The smallest absolute Gasteiger partial charge is 0.0555 e. The van der Waals surface area contributed by atoms with Crippen molar-refractivity contribution in [1.82, 2.24) is 9.13 Å². The maximum Gasteiger partial charge on any atom is 0.0555 e. The summed E-state index contributed by atoms with van der Waals surface area (Å²) in [6.45, 7) is 0. The SMILES string of the molecule is c1ccc(-c2ccc3c(c2)c2cc(-c4ccc5c(c4)c4ccccc4n5-c4cccc5sc6ccccc6c45)ccc2n3-c2ccccc2-c2ccccc2)cc1. The van der Waals surface area contributed by atoms with Crippen molar-refractivity contribution in [3.63, 3.8) is 0 Å². The van der Waals surface area contributed by atoms with E-state index in [0.29, 0.717) is 0 Å². The average Bonchev–Trinajstić information content (AvgIpc) is 3.94. The van der Waals surface area contributed by atoms with Crippen LogP contribution in [0.25, 0.3) is 109 Å². The van der Waals surface area contributed by atoms with E-state index >= 15 is 0 Å². The van der Waals surface area contributed by atoms with Crippen LogP contribution in [0.4, 0.5) is 0 Å². The Kier molecular flexibility index (Phi) is 7.13. The Labute approximate surface area is 333 Å². The van der Waals surface area contributed by atoms with E-state index in [0.717, 1.165) is 0 Å². The summed E-state index contributed by atoms with van der Waals surface area (Å²) in [5, 5.41) is 7.62. The van der Waals surface area contributed by atoms with Crippen molar-refractivity contribution >= 4 is 75.1 Å². The van der Waals surface area contributed by atoms with Gasteiger partial charge in [0, 0.05) is 47.3 Å². The van der Waals surface area contributed by atoms with Gasteiger partial charge < -0.3 is 9.13 Å². The Morgan fingerprint density at radius 1 is 0.281 bits per heavy atom. The Balaban J connectivity index is 1.08. The van der Waals surface area contributed by atoms with E-state index in [-0.39, 0.29) is 0 Å². The van der Waals surface area contributed by atoms with E-state index < -0.39 is 0 Å². The first-order valence-electron chi connectivity index (χ1n) is 19.5. The third kappa shape index (κ3) is 4.96. The molecule has 0 saturated carbocycles. The van der Waals surface area contributed by atoms with E-state index in [1.807, 2.05) is 11.3 Å². The van der Waals surface area contributed by atoms with Crippen LogP contribution in [0.5, 0.6) is 0 Å². The van der Waals surface area contributed by atoms with Crippen LogP contribution in [0.2, 0.25) is 0 Å². The van der Waals surface area contributed by atoms with Crippen molar-refractivity contribution in [2.75, 3.05) is 0 Å². The third-order valence-electron chi connectivity index (χ3n) is 11.7. The van der Waals surface area contributed by atoms with Crippen LogP contribution in [0.15, 0.2) is 206 Å². The summed E-state index contributed by atoms with van der Waals surface area (Å²) < 4.78 is 7.56. The standard InChI is InChI=1S/C54H34N2S/c1-3-14-35(15-4-1)37-26-29-49-44(32-37)45-34-39(28-31-50(45)55(49)46-21-10-7-18-40(46)36-16-5-2-6-17-36)38-27-30-48-43(33-38)41-19-8-11-22-47(41)56(48)51-23-13-25-53-54(51)42-20-9-12-24-52(42)57-53/h1-34H. The zero-order chi connectivity index (χ0) is 37.5. The summed E-state index contributed by atoms with van der Waals surface area (Å²) >= 11 is 1.87. The van der Waals surface area contributed by atoms with Crippen molar-refractivity contribution in [2.24, 2.45) is 0 Å². The highest BCUT2D eigenvalue weighted by atomic mass is 32.1. The number of rotatable bonds is 5. The lowest BCUT2D eigenvalue weighted by molar-refractivity contribution is 1.18. The van der Waals surface area contributed by atoms with E-state index in [9.17, 15) is 0 Å². The molecule has 2 nitrogen and oxygen atoms in total. The molecule has 0 atom stereocenters. The van der Waals surface area contributed by atoms with Crippen molar-refractivity contribution in [2.45, 2.75) is 0 Å². The molecule has 0 aliphatic carbocycles. The van der Waals surface area contributed by atoms with Gasteiger partial charge in [0.25, 0.3) is 0 Å². The minimum atomic E-state index is 1.17. The molecule has 3 heterocycles. The molecule has 3 aromatic heterocycles. The van der Waals surface area contributed by atoms with Crippen LogP contribution in [0, 0.1) is 0 Å². The molecule has 0 aliphatic rings. The molecule has 0 spiro atoms. The molecule has 0 radical (unpaired) electrons. The quantitative estimate of drug-likeness (QED) is 0.166. The fourth-order valence-electron chi connectivity index (χ4n) is 9.16. The van der Waals surface area contributed by atoms with Crippen LogP contribution in [0.1, 0.15) is 0 Å². The molecule has 0 fully saturated rings. The predicted octanol–water partition coefficient (Wildman–Crippen LogP) is 15.2. The summed E-state index contributed by atoms with van der Waals surface area (Å²) in [6.07, 6.45) is 0. The largest absolute Gasteiger partial charge is 0.309 e.